The van der Waals surface area contributed by atoms with Gasteiger partial charge in [0.25, 0.3) is 0 Å². The van der Waals surface area contributed by atoms with Crippen LogP contribution in [0.2, 0.25) is 0 Å². The Labute approximate surface area is 101 Å². The molecule has 0 aliphatic rings. The van der Waals surface area contributed by atoms with Gasteiger partial charge in [-0.3, -0.25) is 0 Å². The Balaban J connectivity index is 0. The smallest absolute Gasteiger partial charge is 0.0482 e. The predicted octanol–water partition coefficient (Wildman–Crippen LogP) is 2.34. The van der Waals surface area contributed by atoms with Gasteiger partial charge in [-0.05, 0) is 6.42 Å². The van der Waals surface area contributed by atoms with Gasteiger partial charge < -0.3 is 15.3 Å². The van der Waals surface area contributed by atoms with E-state index in [-0.39, 0.29) is 25.7 Å². The summed E-state index contributed by atoms with van der Waals surface area (Å²) in [5.74, 6) is -0.139. The molecule has 3 N–H and O–H groups in total. The van der Waals surface area contributed by atoms with Crippen LogP contribution in [-0.4, -0.2) is 35.1 Å². The average molecular weight is 234 g/mol. The van der Waals surface area contributed by atoms with Crippen molar-refractivity contribution in [3.63, 3.8) is 0 Å². The number of hydrogen-bond donors (Lipinski definition) is 3. The first-order chi connectivity index (χ1) is 7.76. The van der Waals surface area contributed by atoms with Crippen LogP contribution in [0.1, 0.15) is 58.8 Å². The van der Waals surface area contributed by atoms with Gasteiger partial charge in [0.15, 0.2) is 0 Å². The summed E-state index contributed by atoms with van der Waals surface area (Å²) in [6.45, 7) is 4.46. The summed E-state index contributed by atoms with van der Waals surface area (Å²) in [7, 11) is 0. The Morgan fingerprint density at radius 3 is 1.38 bits per heavy atom. The molecule has 0 radical (unpaired) electrons. The van der Waals surface area contributed by atoms with Crippen molar-refractivity contribution >= 4 is 0 Å². The summed E-state index contributed by atoms with van der Waals surface area (Å²) in [5, 5.41) is 25.0. The molecule has 3 nitrogen and oxygen atoms in total. The minimum absolute atomic E-state index is 0.0335. The van der Waals surface area contributed by atoms with E-state index in [1.807, 2.05) is 0 Å². The van der Waals surface area contributed by atoms with Crippen LogP contribution in [0.15, 0.2) is 0 Å². The minimum Gasteiger partial charge on any atom is -0.396 e. The average Bonchev–Trinajstić information content (AvgIpc) is 2.32. The van der Waals surface area contributed by atoms with E-state index < -0.39 is 0 Å². The highest BCUT2D eigenvalue weighted by Gasteiger charge is 2.02. The first kappa shape index (κ1) is 18.3. The predicted molar refractivity (Wildman–Crippen MR) is 68.4 cm³/mol. The molecule has 0 atom stereocenters. The Morgan fingerprint density at radius 1 is 0.750 bits per heavy atom. The van der Waals surface area contributed by atoms with E-state index in [9.17, 15) is 0 Å². The number of aliphatic hydroxyl groups is 3. The lowest BCUT2D eigenvalue weighted by Gasteiger charge is -2.06. The quantitative estimate of drug-likeness (QED) is 0.537. The molecular formula is C13H30O3. The molecule has 0 aromatic rings. The second kappa shape index (κ2) is 17.3. The van der Waals surface area contributed by atoms with Crippen LogP contribution < -0.4 is 0 Å². The molecule has 16 heavy (non-hydrogen) atoms. The van der Waals surface area contributed by atoms with Crippen molar-refractivity contribution < 1.29 is 15.3 Å². The summed E-state index contributed by atoms with van der Waals surface area (Å²) in [5.41, 5.74) is 0. The highest BCUT2D eigenvalue weighted by atomic mass is 16.3. The lowest BCUT2D eigenvalue weighted by atomic mass is 10.1. The van der Waals surface area contributed by atoms with Crippen LogP contribution in [-0.2, 0) is 0 Å². The third-order valence-corrected chi connectivity index (χ3v) is 2.51. The van der Waals surface area contributed by atoms with E-state index in [1.165, 1.54) is 38.5 Å². The molecule has 0 bridgehead atoms. The summed E-state index contributed by atoms with van der Waals surface area (Å²) in [6, 6.07) is 0. The number of aliphatic hydroxyl groups excluding tert-OH is 3. The third-order valence-electron chi connectivity index (χ3n) is 2.51. The van der Waals surface area contributed by atoms with Gasteiger partial charge in [0, 0.05) is 25.7 Å². The van der Waals surface area contributed by atoms with Crippen molar-refractivity contribution in [2.24, 2.45) is 5.92 Å². The summed E-state index contributed by atoms with van der Waals surface area (Å²) in [4.78, 5) is 0. The van der Waals surface area contributed by atoms with Crippen molar-refractivity contribution in [3.05, 3.63) is 0 Å². The molecule has 0 saturated carbocycles. The topological polar surface area (TPSA) is 60.7 Å². The van der Waals surface area contributed by atoms with Gasteiger partial charge in [-0.1, -0.05) is 52.4 Å². The van der Waals surface area contributed by atoms with Gasteiger partial charge in [-0.15, -0.1) is 0 Å². The number of hydrogen-bond acceptors (Lipinski definition) is 3. The molecule has 0 saturated heterocycles. The molecule has 100 valence electrons. The highest BCUT2D eigenvalue weighted by molar-refractivity contribution is 4.52. The van der Waals surface area contributed by atoms with E-state index >= 15 is 0 Å². The zero-order valence-corrected chi connectivity index (χ0v) is 11.0. The molecular weight excluding hydrogens is 204 g/mol. The Morgan fingerprint density at radius 2 is 1.19 bits per heavy atom. The molecule has 0 spiro atoms. The van der Waals surface area contributed by atoms with E-state index in [4.69, 9.17) is 15.3 Å². The summed E-state index contributed by atoms with van der Waals surface area (Å²) >= 11 is 0. The monoisotopic (exact) mass is 234 g/mol. The van der Waals surface area contributed by atoms with Crippen molar-refractivity contribution in [1.29, 1.82) is 0 Å². The van der Waals surface area contributed by atoms with E-state index in [2.05, 4.69) is 13.8 Å². The molecule has 0 unspecified atom stereocenters. The van der Waals surface area contributed by atoms with Crippen LogP contribution in [0.5, 0.6) is 0 Å². The molecule has 0 fully saturated rings. The number of rotatable bonds is 9. The van der Waals surface area contributed by atoms with E-state index in [0.717, 1.165) is 0 Å². The lowest BCUT2D eigenvalue weighted by Crippen LogP contribution is -2.12. The molecule has 0 aliphatic heterocycles. The molecule has 0 aromatic carbocycles. The van der Waals surface area contributed by atoms with E-state index in [0.29, 0.717) is 6.42 Å². The van der Waals surface area contributed by atoms with Gasteiger partial charge in [0.1, 0.15) is 0 Å². The molecule has 3 heteroatoms. The van der Waals surface area contributed by atoms with E-state index in [1.54, 1.807) is 0 Å². The lowest BCUT2D eigenvalue weighted by molar-refractivity contribution is 0.124. The number of unbranched alkanes of at least 4 members (excludes halogenated alkanes) is 5. The third kappa shape index (κ3) is 16.3. The van der Waals surface area contributed by atoms with Crippen LogP contribution in [0.25, 0.3) is 0 Å². The maximum Gasteiger partial charge on any atom is 0.0482 e. The molecule has 0 rings (SSSR count). The normalized spacial score (nSPS) is 10.1. The fourth-order valence-electron chi connectivity index (χ4n) is 1.28. The maximum atomic E-state index is 8.39. The SMILES string of the molecule is CCCCCCCC.OCCC(CO)CO. The second-order valence-electron chi connectivity index (χ2n) is 4.16. The Kier molecular flexibility index (Phi) is 19.7. The largest absolute Gasteiger partial charge is 0.396 e. The van der Waals surface area contributed by atoms with Gasteiger partial charge >= 0.3 is 0 Å². The van der Waals surface area contributed by atoms with Gasteiger partial charge in [-0.25, -0.2) is 0 Å². The molecule has 0 amide bonds. The van der Waals surface area contributed by atoms with Gasteiger partial charge in [0.05, 0.1) is 0 Å². The molecule has 0 heterocycles. The molecule has 0 aliphatic carbocycles. The van der Waals surface area contributed by atoms with Crippen molar-refractivity contribution in [2.45, 2.75) is 58.8 Å². The summed E-state index contributed by atoms with van der Waals surface area (Å²) in [6.07, 6.45) is 8.97. The molecule has 0 aromatic heterocycles. The van der Waals surface area contributed by atoms with Crippen molar-refractivity contribution in [1.82, 2.24) is 0 Å². The zero-order chi connectivity index (χ0) is 12.6. The Hall–Kier alpha value is -0.120. The maximum absolute atomic E-state index is 8.39. The van der Waals surface area contributed by atoms with Crippen LogP contribution >= 0.6 is 0 Å². The minimum atomic E-state index is -0.139. The van der Waals surface area contributed by atoms with Gasteiger partial charge in [-0.2, -0.15) is 0 Å². The fourth-order valence-corrected chi connectivity index (χ4v) is 1.28. The zero-order valence-electron chi connectivity index (χ0n) is 11.0. The van der Waals surface area contributed by atoms with Crippen LogP contribution in [0.4, 0.5) is 0 Å². The standard InChI is InChI=1S/C8H18.C5H12O3/c1-3-5-7-8-6-4-2;6-2-1-5(3-7)4-8/h3-8H2,1-2H3;5-8H,1-4H2. The van der Waals surface area contributed by atoms with Gasteiger partial charge in [0.2, 0.25) is 0 Å². The fraction of sp³-hybridized carbons (Fsp3) is 1.00. The Bertz CT molecular complexity index is 97.4. The van der Waals surface area contributed by atoms with Crippen LogP contribution in [0, 0.1) is 5.92 Å². The summed E-state index contributed by atoms with van der Waals surface area (Å²) < 4.78 is 0. The first-order valence-electron chi connectivity index (χ1n) is 6.59. The second-order valence-corrected chi connectivity index (χ2v) is 4.16. The van der Waals surface area contributed by atoms with Crippen molar-refractivity contribution in [3.8, 4) is 0 Å². The van der Waals surface area contributed by atoms with Crippen LogP contribution in [0.3, 0.4) is 0 Å². The van der Waals surface area contributed by atoms with Crippen molar-refractivity contribution in [2.75, 3.05) is 19.8 Å². The first-order valence-corrected chi connectivity index (χ1v) is 6.59. The highest BCUT2D eigenvalue weighted by Crippen LogP contribution is 2.03.